The van der Waals surface area contributed by atoms with Crippen LogP contribution in [-0.2, 0) is 0 Å². The van der Waals surface area contributed by atoms with E-state index in [9.17, 15) is 9.59 Å². The fourth-order valence-electron chi connectivity index (χ4n) is 3.81. The second-order valence-corrected chi connectivity index (χ2v) is 7.35. The molecule has 27 heavy (non-hydrogen) atoms. The van der Waals surface area contributed by atoms with Gasteiger partial charge in [0.15, 0.2) is 5.76 Å². The van der Waals surface area contributed by atoms with E-state index in [1.807, 2.05) is 25.1 Å². The van der Waals surface area contributed by atoms with Gasteiger partial charge < -0.3 is 19.4 Å². The first-order chi connectivity index (χ1) is 13.0. The molecule has 1 saturated heterocycles. The average Bonchev–Trinajstić information content (AvgIpc) is 3.31. The van der Waals surface area contributed by atoms with Gasteiger partial charge in [-0.1, -0.05) is 19.1 Å². The van der Waals surface area contributed by atoms with Gasteiger partial charge in [0.25, 0.3) is 11.8 Å². The highest BCUT2D eigenvalue weighted by molar-refractivity contribution is 5.98. The van der Waals surface area contributed by atoms with E-state index in [0.29, 0.717) is 30.2 Å². The minimum atomic E-state index is -0.107. The molecule has 4 rings (SSSR count). The van der Waals surface area contributed by atoms with Crippen molar-refractivity contribution in [2.75, 3.05) is 13.1 Å². The van der Waals surface area contributed by atoms with Gasteiger partial charge >= 0.3 is 0 Å². The summed E-state index contributed by atoms with van der Waals surface area (Å²) in [5.74, 6) is 1.15. The smallest absolute Gasteiger partial charge is 0.289 e. The summed E-state index contributed by atoms with van der Waals surface area (Å²) < 4.78 is 11.1. The maximum absolute atomic E-state index is 12.8. The Morgan fingerprint density at radius 3 is 2.59 bits per heavy atom. The van der Waals surface area contributed by atoms with Gasteiger partial charge in [-0.05, 0) is 38.0 Å². The van der Waals surface area contributed by atoms with E-state index in [1.54, 1.807) is 17.0 Å². The maximum atomic E-state index is 12.8. The molecule has 1 aromatic carbocycles. The zero-order valence-corrected chi connectivity index (χ0v) is 15.6. The Balaban J connectivity index is 1.38. The van der Waals surface area contributed by atoms with E-state index in [4.69, 9.17) is 9.15 Å². The number of benzene rings is 1. The quantitative estimate of drug-likeness (QED) is 0.903. The van der Waals surface area contributed by atoms with Gasteiger partial charge in [0.2, 0.25) is 0 Å². The Morgan fingerprint density at radius 1 is 1.11 bits per heavy atom. The molecule has 2 aliphatic heterocycles. The Kier molecular flexibility index (Phi) is 4.64. The summed E-state index contributed by atoms with van der Waals surface area (Å²) in [7, 11) is 0. The van der Waals surface area contributed by atoms with Crippen molar-refractivity contribution in [3.8, 4) is 5.75 Å². The van der Waals surface area contributed by atoms with Gasteiger partial charge in [-0.3, -0.25) is 9.59 Å². The zero-order valence-electron chi connectivity index (χ0n) is 15.6. The summed E-state index contributed by atoms with van der Waals surface area (Å²) in [6.45, 7) is 5.34. The van der Waals surface area contributed by atoms with E-state index in [2.05, 4.69) is 12.2 Å². The number of hydrogen-bond acceptors (Lipinski definition) is 4. The second kappa shape index (κ2) is 7.10. The van der Waals surface area contributed by atoms with E-state index < -0.39 is 0 Å². The molecule has 1 N–H and O–H groups in total. The van der Waals surface area contributed by atoms with E-state index in [-0.39, 0.29) is 29.9 Å². The number of carbonyl (C=O) groups excluding carboxylic acids is 2. The van der Waals surface area contributed by atoms with Gasteiger partial charge in [0.05, 0.1) is 11.8 Å². The van der Waals surface area contributed by atoms with Crippen molar-refractivity contribution < 1.29 is 18.7 Å². The lowest BCUT2D eigenvalue weighted by atomic mass is 9.96. The van der Waals surface area contributed by atoms with Crippen LogP contribution >= 0.6 is 0 Å². The van der Waals surface area contributed by atoms with Crippen molar-refractivity contribution in [2.24, 2.45) is 0 Å². The summed E-state index contributed by atoms with van der Waals surface area (Å²) in [6.07, 6.45) is 3.02. The lowest BCUT2D eigenvalue weighted by molar-refractivity contribution is 0.0667. The number of likely N-dealkylation sites (tertiary alicyclic amines) is 1. The predicted octanol–water partition coefficient (Wildman–Crippen LogP) is 3.20. The molecule has 0 radical (unpaired) electrons. The zero-order chi connectivity index (χ0) is 19.0. The maximum Gasteiger partial charge on any atom is 0.289 e. The molecule has 6 heteroatoms. The summed E-state index contributed by atoms with van der Waals surface area (Å²) in [4.78, 5) is 26.9. The average molecular weight is 368 g/mol. The fraction of sp³-hybridized carbons (Fsp3) is 0.429. The monoisotopic (exact) mass is 368 g/mol. The fourth-order valence-corrected chi connectivity index (χ4v) is 3.81. The van der Waals surface area contributed by atoms with Crippen LogP contribution in [0.3, 0.4) is 0 Å². The number of nitrogens with one attached hydrogen (secondary N) is 1. The van der Waals surface area contributed by atoms with Gasteiger partial charge in [-0.25, -0.2) is 0 Å². The number of carbonyl (C=O) groups is 2. The Bertz CT molecular complexity index is 838. The van der Waals surface area contributed by atoms with Gasteiger partial charge in [-0.2, -0.15) is 0 Å². The number of fused-ring (bicyclic) bond motifs is 1. The molecule has 2 aromatic rings. The lowest BCUT2D eigenvalue weighted by Crippen LogP contribution is -2.46. The third kappa shape index (κ3) is 3.31. The molecule has 2 aliphatic rings. The molecule has 3 heterocycles. The Labute approximate surface area is 158 Å². The van der Waals surface area contributed by atoms with Crippen LogP contribution in [0.1, 0.15) is 59.1 Å². The highest BCUT2D eigenvalue weighted by atomic mass is 16.5. The summed E-state index contributed by atoms with van der Waals surface area (Å²) >= 11 is 0. The summed E-state index contributed by atoms with van der Waals surface area (Å²) in [6, 6.07) is 9.19. The number of ether oxygens (including phenoxy) is 1. The number of furan rings is 1. The van der Waals surface area contributed by atoms with Crippen molar-refractivity contribution in [3.63, 3.8) is 0 Å². The lowest BCUT2D eigenvalue weighted by Gasteiger charge is -2.32. The standard InChI is InChI=1S/C21H24N2O4/c1-13-14(2)27-19-16(13)5-3-6-17(19)20(24)22-15-8-10-23(11-9-15)21(25)18-7-4-12-26-18/h3-7,12-15H,8-11H2,1-2H3,(H,22,24)/t13-,14-/m0/s1. The number of piperidine rings is 1. The molecule has 0 saturated carbocycles. The van der Waals surface area contributed by atoms with Crippen LogP contribution in [0.15, 0.2) is 41.0 Å². The van der Waals surface area contributed by atoms with Crippen LogP contribution in [0.5, 0.6) is 5.75 Å². The number of nitrogens with zero attached hydrogens (tertiary/aromatic N) is 1. The second-order valence-electron chi connectivity index (χ2n) is 7.35. The highest BCUT2D eigenvalue weighted by Crippen LogP contribution is 2.40. The Hall–Kier alpha value is -2.76. The summed E-state index contributed by atoms with van der Waals surface area (Å²) in [5, 5.41) is 3.11. The third-order valence-corrected chi connectivity index (χ3v) is 5.64. The first-order valence-electron chi connectivity index (χ1n) is 9.48. The Morgan fingerprint density at radius 2 is 1.89 bits per heavy atom. The van der Waals surface area contributed by atoms with Gasteiger partial charge in [0.1, 0.15) is 11.9 Å². The van der Waals surface area contributed by atoms with Crippen molar-refractivity contribution in [3.05, 3.63) is 53.5 Å². The number of amides is 2. The molecule has 2 atom stereocenters. The number of rotatable bonds is 3. The van der Waals surface area contributed by atoms with Crippen molar-refractivity contribution in [1.82, 2.24) is 10.2 Å². The molecule has 0 unspecified atom stereocenters. The molecule has 1 fully saturated rings. The van der Waals surface area contributed by atoms with Crippen molar-refractivity contribution >= 4 is 11.8 Å². The first kappa shape index (κ1) is 17.6. The van der Waals surface area contributed by atoms with Crippen LogP contribution in [0, 0.1) is 0 Å². The van der Waals surface area contributed by atoms with E-state index in [1.165, 1.54) is 6.26 Å². The topological polar surface area (TPSA) is 71.8 Å². The van der Waals surface area contributed by atoms with Crippen LogP contribution < -0.4 is 10.1 Å². The third-order valence-electron chi connectivity index (χ3n) is 5.64. The largest absolute Gasteiger partial charge is 0.489 e. The van der Waals surface area contributed by atoms with Crippen LogP contribution in [0.4, 0.5) is 0 Å². The molecule has 0 aliphatic carbocycles. The molecule has 2 amide bonds. The van der Waals surface area contributed by atoms with Gasteiger partial charge in [0, 0.05) is 30.6 Å². The van der Waals surface area contributed by atoms with Crippen molar-refractivity contribution in [1.29, 1.82) is 0 Å². The van der Waals surface area contributed by atoms with E-state index >= 15 is 0 Å². The van der Waals surface area contributed by atoms with Crippen LogP contribution in [0.2, 0.25) is 0 Å². The first-order valence-corrected chi connectivity index (χ1v) is 9.48. The number of para-hydroxylation sites is 1. The van der Waals surface area contributed by atoms with E-state index in [0.717, 1.165) is 18.4 Å². The van der Waals surface area contributed by atoms with Crippen LogP contribution in [0.25, 0.3) is 0 Å². The van der Waals surface area contributed by atoms with Crippen LogP contribution in [-0.4, -0.2) is 41.9 Å². The minimum absolute atomic E-state index is 0.0465. The molecule has 0 spiro atoms. The molecule has 0 bridgehead atoms. The minimum Gasteiger partial charge on any atom is -0.489 e. The number of hydrogen-bond donors (Lipinski definition) is 1. The molecular formula is C21H24N2O4. The molecule has 6 nitrogen and oxygen atoms in total. The molecule has 142 valence electrons. The molecule has 1 aromatic heterocycles. The summed E-state index contributed by atoms with van der Waals surface area (Å²) in [5.41, 5.74) is 1.69. The predicted molar refractivity (Wildman–Crippen MR) is 100 cm³/mol. The molecular weight excluding hydrogens is 344 g/mol. The van der Waals surface area contributed by atoms with Crippen molar-refractivity contribution in [2.45, 2.75) is 44.8 Å². The normalized spacial score (nSPS) is 22.2. The SMILES string of the molecule is C[C@@H]1Oc2c(C(=O)NC3CCN(C(=O)c4ccco4)CC3)cccc2[C@H]1C. The van der Waals surface area contributed by atoms with Gasteiger partial charge in [-0.15, -0.1) is 0 Å². The highest BCUT2D eigenvalue weighted by Gasteiger charge is 2.32.